The van der Waals surface area contributed by atoms with Crippen LogP contribution in [-0.2, 0) is 0 Å². The highest BCUT2D eigenvalue weighted by Gasteiger charge is 2.00. The molecule has 15 heavy (non-hydrogen) atoms. The number of hydrogen-bond acceptors (Lipinski definition) is 2. The van der Waals surface area contributed by atoms with Crippen LogP contribution in [0.1, 0.15) is 18.9 Å². The van der Waals surface area contributed by atoms with E-state index in [0.29, 0.717) is 5.02 Å². The average Bonchev–Trinajstić information content (AvgIpc) is 2.21. The maximum absolute atomic E-state index is 5.78. The van der Waals surface area contributed by atoms with E-state index >= 15 is 0 Å². The molecule has 4 nitrogen and oxygen atoms in total. The Labute approximate surface area is 93.6 Å². The SMILES string of the molecule is CCC(=NN=C(N)N)c1ccc(Cl)cc1. The molecule has 0 saturated carbocycles. The Balaban J connectivity index is 2.97. The maximum atomic E-state index is 5.78. The highest BCUT2D eigenvalue weighted by atomic mass is 35.5. The number of nitrogens with two attached hydrogens (primary N) is 2. The van der Waals surface area contributed by atoms with Crippen LogP contribution in [0.4, 0.5) is 0 Å². The lowest BCUT2D eigenvalue weighted by Gasteiger charge is -2.01. The highest BCUT2D eigenvalue weighted by Crippen LogP contribution is 2.11. The summed E-state index contributed by atoms with van der Waals surface area (Å²) in [4.78, 5) is 0. The molecule has 1 aromatic rings. The quantitative estimate of drug-likeness (QED) is 0.466. The van der Waals surface area contributed by atoms with Gasteiger partial charge in [0.05, 0.1) is 5.71 Å². The molecule has 80 valence electrons. The second-order valence-corrected chi connectivity index (χ2v) is 3.37. The van der Waals surface area contributed by atoms with Crippen molar-refractivity contribution in [1.29, 1.82) is 0 Å². The minimum Gasteiger partial charge on any atom is -0.369 e. The highest BCUT2D eigenvalue weighted by molar-refractivity contribution is 6.30. The summed E-state index contributed by atoms with van der Waals surface area (Å²) < 4.78 is 0. The van der Waals surface area contributed by atoms with Crippen LogP contribution in [0.3, 0.4) is 0 Å². The molecule has 1 rings (SSSR count). The van der Waals surface area contributed by atoms with Crippen molar-refractivity contribution >= 4 is 23.3 Å². The first-order valence-electron chi connectivity index (χ1n) is 4.55. The fraction of sp³-hybridized carbons (Fsp3) is 0.200. The van der Waals surface area contributed by atoms with Gasteiger partial charge in [-0.05, 0) is 24.1 Å². The minimum atomic E-state index is -0.0464. The fourth-order valence-corrected chi connectivity index (χ4v) is 1.22. The van der Waals surface area contributed by atoms with Gasteiger partial charge in [-0.1, -0.05) is 30.7 Å². The number of benzene rings is 1. The van der Waals surface area contributed by atoms with Crippen LogP contribution in [0.2, 0.25) is 5.02 Å². The fourth-order valence-electron chi connectivity index (χ4n) is 1.09. The van der Waals surface area contributed by atoms with Gasteiger partial charge in [0.2, 0.25) is 5.96 Å². The second-order valence-electron chi connectivity index (χ2n) is 2.93. The molecule has 0 spiro atoms. The first-order valence-corrected chi connectivity index (χ1v) is 4.92. The molecule has 0 aliphatic carbocycles. The summed E-state index contributed by atoms with van der Waals surface area (Å²) in [6.07, 6.45) is 0.748. The zero-order valence-electron chi connectivity index (χ0n) is 8.44. The summed E-state index contributed by atoms with van der Waals surface area (Å²) in [5.74, 6) is -0.0464. The predicted molar refractivity (Wildman–Crippen MR) is 64.1 cm³/mol. The van der Waals surface area contributed by atoms with E-state index in [2.05, 4.69) is 10.2 Å². The van der Waals surface area contributed by atoms with Gasteiger partial charge in [0.15, 0.2) is 0 Å². The Kier molecular flexibility index (Phi) is 4.12. The van der Waals surface area contributed by atoms with Crippen molar-refractivity contribution < 1.29 is 0 Å². The van der Waals surface area contributed by atoms with Crippen LogP contribution < -0.4 is 11.5 Å². The van der Waals surface area contributed by atoms with Crippen LogP contribution in [0, 0.1) is 0 Å². The number of guanidine groups is 1. The molecule has 0 bridgehead atoms. The second kappa shape index (κ2) is 5.36. The van der Waals surface area contributed by atoms with Gasteiger partial charge >= 0.3 is 0 Å². The Morgan fingerprint density at radius 1 is 1.20 bits per heavy atom. The van der Waals surface area contributed by atoms with Crippen molar-refractivity contribution in [3.05, 3.63) is 34.9 Å². The molecule has 1 aromatic carbocycles. The van der Waals surface area contributed by atoms with Crippen molar-refractivity contribution in [2.75, 3.05) is 0 Å². The molecule has 0 saturated heterocycles. The first-order chi connectivity index (χ1) is 7.13. The van der Waals surface area contributed by atoms with Crippen molar-refractivity contribution in [3.8, 4) is 0 Å². The van der Waals surface area contributed by atoms with Gasteiger partial charge < -0.3 is 11.5 Å². The average molecular weight is 225 g/mol. The smallest absolute Gasteiger partial charge is 0.211 e. The number of rotatable bonds is 3. The molecule has 0 heterocycles. The summed E-state index contributed by atoms with van der Waals surface area (Å²) in [5, 5.41) is 8.27. The third-order valence-corrected chi connectivity index (χ3v) is 2.05. The van der Waals surface area contributed by atoms with E-state index in [-0.39, 0.29) is 5.96 Å². The molecule has 5 heteroatoms. The van der Waals surface area contributed by atoms with Crippen LogP contribution in [0.25, 0.3) is 0 Å². The summed E-state index contributed by atoms with van der Waals surface area (Å²) in [5.41, 5.74) is 12.2. The molecule has 0 amide bonds. The molecular formula is C10H13ClN4. The predicted octanol–water partition coefficient (Wildman–Crippen LogP) is 1.73. The largest absolute Gasteiger partial charge is 0.369 e. The summed E-state index contributed by atoms with van der Waals surface area (Å²) in [6, 6.07) is 7.37. The van der Waals surface area contributed by atoms with Crippen LogP contribution in [0.15, 0.2) is 34.5 Å². The molecule has 0 atom stereocenters. The standard InChI is InChI=1S/C10H13ClN4/c1-2-9(14-15-10(12)13)7-3-5-8(11)6-4-7/h3-6H,2H2,1H3,(H4,12,13,15). The van der Waals surface area contributed by atoms with Gasteiger partial charge in [0, 0.05) is 5.02 Å². The first kappa shape index (κ1) is 11.5. The maximum Gasteiger partial charge on any atom is 0.211 e. The molecule has 0 unspecified atom stereocenters. The lowest BCUT2D eigenvalue weighted by Crippen LogP contribution is -2.22. The molecule has 0 radical (unpaired) electrons. The lowest BCUT2D eigenvalue weighted by molar-refractivity contribution is 1.15. The Morgan fingerprint density at radius 2 is 1.80 bits per heavy atom. The lowest BCUT2D eigenvalue weighted by atomic mass is 10.1. The zero-order chi connectivity index (χ0) is 11.3. The van der Waals surface area contributed by atoms with Crippen LogP contribution in [-0.4, -0.2) is 11.7 Å². The zero-order valence-corrected chi connectivity index (χ0v) is 9.20. The van der Waals surface area contributed by atoms with E-state index in [1.165, 1.54) is 0 Å². The van der Waals surface area contributed by atoms with Crippen molar-refractivity contribution in [2.24, 2.45) is 21.7 Å². The number of halogens is 1. The number of nitrogens with zero attached hydrogens (tertiary/aromatic N) is 2. The van der Waals surface area contributed by atoms with E-state index in [1.807, 2.05) is 19.1 Å². The molecule has 0 fully saturated rings. The topological polar surface area (TPSA) is 76.8 Å². The van der Waals surface area contributed by atoms with E-state index in [1.54, 1.807) is 12.1 Å². The molecule has 0 aromatic heterocycles. The van der Waals surface area contributed by atoms with Crippen LogP contribution >= 0.6 is 11.6 Å². The van der Waals surface area contributed by atoms with Crippen LogP contribution in [0.5, 0.6) is 0 Å². The monoisotopic (exact) mass is 224 g/mol. The number of hydrogen-bond donors (Lipinski definition) is 2. The van der Waals surface area contributed by atoms with Gasteiger partial charge in [-0.3, -0.25) is 0 Å². The molecule has 4 N–H and O–H groups in total. The van der Waals surface area contributed by atoms with Gasteiger partial charge in [0.1, 0.15) is 0 Å². The van der Waals surface area contributed by atoms with Gasteiger partial charge in [-0.15, -0.1) is 5.10 Å². The Hall–Kier alpha value is -1.55. The third-order valence-electron chi connectivity index (χ3n) is 1.80. The van der Waals surface area contributed by atoms with E-state index in [0.717, 1.165) is 17.7 Å². The van der Waals surface area contributed by atoms with E-state index in [4.69, 9.17) is 23.1 Å². The summed E-state index contributed by atoms with van der Waals surface area (Å²) >= 11 is 5.78. The van der Waals surface area contributed by atoms with Crippen molar-refractivity contribution in [2.45, 2.75) is 13.3 Å². The summed E-state index contributed by atoms with van der Waals surface area (Å²) in [6.45, 7) is 1.98. The summed E-state index contributed by atoms with van der Waals surface area (Å²) in [7, 11) is 0. The molecule has 0 aliphatic rings. The minimum absolute atomic E-state index is 0.0464. The molecule has 0 aliphatic heterocycles. The van der Waals surface area contributed by atoms with Gasteiger partial charge in [-0.25, -0.2) is 0 Å². The van der Waals surface area contributed by atoms with Gasteiger partial charge in [0.25, 0.3) is 0 Å². The van der Waals surface area contributed by atoms with Gasteiger partial charge in [-0.2, -0.15) is 5.10 Å². The Morgan fingerprint density at radius 3 is 2.27 bits per heavy atom. The van der Waals surface area contributed by atoms with E-state index < -0.39 is 0 Å². The normalized spacial score (nSPS) is 11.2. The van der Waals surface area contributed by atoms with Crippen molar-refractivity contribution in [1.82, 2.24) is 0 Å². The van der Waals surface area contributed by atoms with E-state index in [9.17, 15) is 0 Å². The third kappa shape index (κ3) is 3.59. The Bertz CT molecular complexity index is 377. The van der Waals surface area contributed by atoms with Crippen molar-refractivity contribution in [3.63, 3.8) is 0 Å². The molecular weight excluding hydrogens is 212 g/mol.